The van der Waals surface area contributed by atoms with Gasteiger partial charge in [-0.15, -0.1) is 0 Å². The van der Waals surface area contributed by atoms with Crippen molar-refractivity contribution in [3.63, 3.8) is 0 Å². The van der Waals surface area contributed by atoms with Gasteiger partial charge in [0.25, 0.3) is 0 Å². The van der Waals surface area contributed by atoms with Crippen LogP contribution in [0, 0.1) is 0 Å². The van der Waals surface area contributed by atoms with Crippen LogP contribution in [-0.4, -0.2) is 22.5 Å². The Bertz CT molecular complexity index is 900. The molecule has 1 heterocycles. The van der Waals surface area contributed by atoms with Crippen LogP contribution < -0.4 is 10.6 Å². The third-order valence-corrected chi connectivity index (χ3v) is 3.77. The normalized spacial score (nSPS) is 10.2. The molecule has 6 nitrogen and oxygen atoms in total. The first kappa shape index (κ1) is 17.7. The highest BCUT2D eigenvalue weighted by Crippen LogP contribution is 2.24. The van der Waals surface area contributed by atoms with Gasteiger partial charge < -0.3 is 15.4 Å². The van der Waals surface area contributed by atoms with Crippen molar-refractivity contribution in [3.05, 3.63) is 71.4 Å². The summed E-state index contributed by atoms with van der Waals surface area (Å²) in [5.74, 6) is 0.692. The Labute approximate surface area is 156 Å². The predicted octanol–water partition coefficient (Wildman–Crippen LogP) is 4.79. The number of carbonyl (C=O) groups is 1. The highest BCUT2D eigenvalue weighted by molar-refractivity contribution is 6.33. The lowest BCUT2D eigenvalue weighted by Crippen LogP contribution is -2.04. The maximum atomic E-state index is 11.7. The molecule has 7 heteroatoms. The van der Waals surface area contributed by atoms with Crippen LogP contribution in [0.2, 0.25) is 5.02 Å². The lowest BCUT2D eigenvalue weighted by molar-refractivity contribution is 0.0526. The van der Waals surface area contributed by atoms with Gasteiger partial charge in [-0.25, -0.2) is 9.78 Å². The van der Waals surface area contributed by atoms with Crippen molar-refractivity contribution in [2.45, 2.75) is 6.92 Å². The summed E-state index contributed by atoms with van der Waals surface area (Å²) < 4.78 is 4.97. The van der Waals surface area contributed by atoms with Gasteiger partial charge in [-0.3, -0.25) is 0 Å². The van der Waals surface area contributed by atoms with Crippen LogP contribution >= 0.6 is 11.6 Å². The molecule has 1 aromatic heterocycles. The minimum Gasteiger partial charge on any atom is -0.462 e. The van der Waals surface area contributed by atoms with Gasteiger partial charge >= 0.3 is 5.97 Å². The van der Waals surface area contributed by atoms with Crippen LogP contribution in [0.5, 0.6) is 0 Å². The van der Waals surface area contributed by atoms with E-state index in [0.717, 1.165) is 11.4 Å². The molecule has 0 unspecified atom stereocenters. The summed E-state index contributed by atoms with van der Waals surface area (Å²) in [7, 11) is 0. The molecule has 0 atom stereocenters. The van der Waals surface area contributed by atoms with Gasteiger partial charge in [0, 0.05) is 11.9 Å². The molecule has 0 spiro atoms. The van der Waals surface area contributed by atoms with Crippen LogP contribution in [0.15, 0.2) is 60.8 Å². The van der Waals surface area contributed by atoms with E-state index in [9.17, 15) is 4.79 Å². The number of ether oxygens (including phenoxy) is 1. The average molecular weight is 369 g/mol. The van der Waals surface area contributed by atoms with Gasteiger partial charge in [0.2, 0.25) is 5.95 Å². The number of hydrogen-bond donors (Lipinski definition) is 2. The van der Waals surface area contributed by atoms with Gasteiger partial charge in [-0.1, -0.05) is 23.7 Å². The number of nitrogens with one attached hydrogen (secondary N) is 2. The molecule has 2 N–H and O–H groups in total. The van der Waals surface area contributed by atoms with Crippen molar-refractivity contribution in [3.8, 4) is 0 Å². The Balaban J connectivity index is 1.71. The number of aromatic nitrogens is 2. The van der Waals surface area contributed by atoms with Crippen molar-refractivity contribution >= 4 is 40.7 Å². The maximum Gasteiger partial charge on any atom is 0.338 e. The minimum absolute atomic E-state index is 0.340. The lowest BCUT2D eigenvalue weighted by atomic mass is 10.2. The highest BCUT2D eigenvalue weighted by atomic mass is 35.5. The fraction of sp³-hybridized carbons (Fsp3) is 0.105. The maximum absolute atomic E-state index is 11.7. The summed E-state index contributed by atoms with van der Waals surface area (Å²) in [5.41, 5.74) is 2.02. The summed E-state index contributed by atoms with van der Waals surface area (Å²) in [6, 6.07) is 16.1. The third-order valence-electron chi connectivity index (χ3n) is 3.44. The molecular formula is C19H17ClN4O2. The van der Waals surface area contributed by atoms with Crippen LogP contribution in [0.4, 0.5) is 23.1 Å². The molecule has 26 heavy (non-hydrogen) atoms. The van der Waals surface area contributed by atoms with E-state index < -0.39 is 0 Å². The fourth-order valence-electron chi connectivity index (χ4n) is 2.22. The first-order chi connectivity index (χ1) is 12.7. The number of para-hydroxylation sites is 1. The average Bonchev–Trinajstić information content (AvgIpc) is 2.65. The van der Waals surface area contributed by atoms with E-state index in [0.29, 0.717) is 29.0 Å². The zero-order valence-electron chi connectivity index (χ0n) is 14.1. The van der Waals surface area contributed by atoms with E-state index in [2.05, 4.69) is 20.6 Å². The largest absolute Gasteiger partial charge is 0.462 e. The standard InChI is InChI=1S/C19H17ClN4O2/c1-2-26-18(25)13-7-9-14(10-8-13)22-17-11-12-21-19(24-17)23-16-6-4-3-5-15(16)20/h3-12H,2H2,1H3,(H2,21,22,23,24). The number of hydrogen-bond acceptors (Lipinski definition) is 6. The number of carbonyl (C=O) groups excluding carboxylic acids is 1. The molecule has 0 saturated heterocycles. The van der Waals surface area contributed by atoms with Crippen LogP contribution in [-0.2, 0) is 4.74 Å². The van der Waals surface area contributed by atoms with Crippen molar-refractivity contribution in [1.82, 2.24) is 9.97 Å². The summed E-state index contributed by atoms with van der Waals surface area (Å²) in [4.78, 5) is 20.3. The number of halogens is 1. The Kier molecular flexibility index (Phi) is 5.66. The molecule has 0 bridgehead atoms. The second-order valence-electron chi connectivity index (χ2n) is 5.29. The second kappa shape index (κ2) is 8.31. The molecule has 3 rings (SSSR count). The number of anilines is 4. The van der Waals surface area contributed by atoms with Crippen molar-refractivity contribution in [1.29, 1.82) is 0 Å². The SMILES string of the molecule is CCOC(=O)c1ccc(Nc2ccnc(Nc3ccccc3Cl)n2)cc1. The fourth-order valence-corrected chi connectivity index (χ4v) is 2.41. The molecule has 2 aromatic carbocycles. The van der Waals surface area contributed by atoms with Gasteiger partial charge in [0.05, 0.1) is 22.9 Å². The molecular weight excluding hydrogens is 352 g/mol. The quantitative estimate of drug-likeness (QED) is 0.609. The molecule has 0 aliphatic rings. The van der Waals surface area contributed by atoms with Gasteiger partial charge in [-0.05, 0) is 49.4 Å². The molecule has 0 aliphatic carbocycles. The smallest absolute Gasteiger partial charge is 0.338 e. The molecule has 0 saturated carbocycles. The first-order valence-electron chi connectivity index (χ1n) is 8.04. The van der Waals surface area contributed by atoms with E-state index in [1.807, 2.05) is 18.2 Å². The van der Waals surface area contributed by atoms with Crippen LogP contribution in [0.3, 0.4) is 0 Å². The van der Waals surface area contributed by atoms with Gasteiger partial charge in [-0.2, -0.15) is 4.98 Å². The monoisotopic (exact) mass is 368 g/mol. The molecule has 132 valence electrons. The molecule has 0 fully saturated rings. The highest BCUT2D eigenvalue weighted by Gasteiger charge is 2.07. The van der Waals surface area contributed by atoms with Crippen molar-refractivity contribution < 1.29 is 9.53 Å². The van der Waals surface area contributed by atoms with E-state index in [1.165, 1.54) is 0 Å². The van der Waals surface area contributed by atoms with Crippen molar-refractivity contribution in [2.75, 3.05) is 17.2 Å². The van der Waals surface area contributed by atoms with Crippen molar-refractivity contribution in [2.24, 2.45) is 0 Å². The topological polar surface area (TPSA) is 76.1 Å². The summed E-state index contributed by atoms with van der Waals surface area (Å²) in [6.07, 6.45) is 1.64. The van der Waals surface area contributed by atoms with Gasteiger partial charge in [0.1, 0.15) is 5.82 Å². The number of nitrogens with zero attached hydrogens (tertiary/aromatic N) is 2. The number of benzene rings is 2. The van der Waals surface area contributed by atoms with E-state index in [-0.39, 0.29) is 5.97 Å². The third kappa shape index (κ3) is 4.49. The summed E-state index contributed by atoms with van der Waals surface area (Å²) in [6.45, 7) is 2.12. The molecule has 0 radical (unpaired) electrons. The molecule has 3 aromatic rings. The predicted molar refractivity (Wildman–Crippen MR) is 102 cm³/mol. The van der Waals surface area contributed by atoms with E-state index in [1.54, 1.807) is 49.5 Å². The van der Waals surface area contributed by atoms with Crippen LogP contribution in [0.1, 0.15) is 17.3 Å². The Hall–Kier alpha value is -3.12. The number of rotatable bonds is 6. The Morgan fingerprint density at radius 1 is 1.08 bits per heavy atom. The van der Waals surface area contributed by atoms with E-state index >= 15 is 0 Å². The zero-order valence-corrected chi connectivity index (χ0v) is 14.8. The van der Waals surface area contributed by atoms with Crippen LogP contribution in [0.25, 0.3) is 0 Å². The first-order valence-corrected chi connectivity index (χ1v) is 8.42. The number of esters is 1. The lowest BCUT2D eigenvalue weighted by Gasteiger charge is -2.10. The summed E-state index contributed by atoms with van der Waals surface area (Å²) in [5, 5.41) is 6.83. The van der Waals surface area contributed by atoms with E-state index in [4.69, 9.17) is 16.3 Å². The summed E-state index contributed by atoms with van der Waals surface area (Å²) >= 11 is 6.14. The van der Waals surface area contributed by atoms with Gasteiger partial charge in [0.15, 0.2) is 0 Å². The molecule has 0 amide bonds. The minimum atomic E-state index is -0.340. The zero-order chi connectivity index (χ0) is 18.4. The Morgan fingerprint density at radius 2 is 1.85 bits per heavy atom. The Morgan fingerprint density at radius 3 is 2.58 bits per heavy atom. The second-order valence-corrected chi connectivity index (χ2v) is 5.70. The molecule has 0 aliphatic heterocycles.